The fourth-order valence-corrected chi connectivity index (χ4v) is 3.83. The molecule has 0 fully saturated rings. The fraction of sp³-hybridized carbons (Fsp3) is 0.241. The summed E-state index contributed by atoms with van der Waals surface area (Å²) in [5, 5.41) is 3.52. The van der Waals surface area contributed by atoms with Crippen LogP contribution in [0.5, 0.6) is 0 Å². The summed E-state index contributed by atoms with van der Waals surface area (Å²) in [4.78, 5) is 0. The minimum atomic E-state index is 1.04. The van der Waals surface area contributed by atoms with E-state index in [9.17, 15) is 0 Å². The third kappa shape index (κ3) is 5.61. The van der Waals surface area contributed by atoms with Crippen LogP contribution in [0, 0.1) is 6.92 Å². The minimum absolute atomic E-state index is 1.04. The van der Waals surface area contributed by atoms with E-state index in [2.05, 4.69) is 126 Å². The zero-order chi connectivity index (χ0) is 22.2. The van der Waals surface area contributed by atoms with Crippen molar-refractivity contribution in [3.8, 4) is 22.5 Å². The predicted octanol–water partition coefficient (Wildman–Crippen LogP) is 6.21. The number of aromatic nitrogens is 2. The largest absolute Gasteiger partial charge is 0.385 e. The first-order valence-electron chi connectivity index (χ1n) is 11.7. The van der Waals surface area contributed by atoms with Crippen molar-refractivity contribution in [1.29, 1.82) is 0 Å². The number of anilines is 1. The van der Waals surface area contributed by atoms with Gasteiger partial charge in [0, 0.05) is 60.8 Å². The topological polar surface area (TPSA) is 19.8 Å². The molecule has 0 bridgehead atoms. The van der Waals surface area contributed by atoms with Gasteiger partial charge in [-0.25, -0.2) is 0 Å². The molecule has 32 heavy (non-hydrogen) atoms. The van der Waals surface area contributed by atoms with Gasteiger partial charge in [0.25, 0.3) is 0 Å². The summed E-state index contributed by atoms with van der Waals surface area (Å²) < 4.78 is 4.30. The molecule has 0 radical (unpaired) electrons. The van der Waals surface area contributed by atoms with Gasteiger partial charge in [-0.2, -0.15) is 9.13 Å². The van der Waals surface area contributed by atoms with Crippen molar-refractivity contribution >= 4 is 5.69 Å². The number of nitrogens with zero attached hydrogens (tertiary/aromatic N) is 2. The third-order valence-corrected chi connectivity index (χ3v) is 5.85. The van der Waals surface area contributed by atoms with E-state index < -0.39 is 0 Å². The molecule has 2 aromatic carbocycles. The molecule has 0 aliphatic heterocycles. The summed E-state index contributed by atoms with van der Waals surface area (Å²) >= 11 is 0. The van der Waals surface area contributed by atoms with Gasteiger partial charge in [-0.3, -0.25) is 0 Å². The normalized spacial score (nSPS) is 10.8. The molecule has 0 saturated heterocycles. The van der Waals surface area contributed by atoms with Gasteiger partial charge in [-0.1, -0.05) is 43.9 Å². The Morgan fingerprint density at radius 3 is 1.59 bits per heavy atom. The molecule has 4 aromatic rings. The number of rotatable bonds is 9. The lowest BCUT2D eigenvalue weighted by Gasteiger charge is -2.06. The van der Waals surface area contributed by atoms with E-state index in [1.165, 1.54) is 59.4 Å². The maximum Gasteiger partial charge on any atom is 0.210 e. The van der Waals surface area contributed by atoms with Crippen LogP contribution in [0.1, 0.15) is 38.2 Å². The second-order valence-corrected chi connectivity index (χ2v) is 8.36. The van der Waals surface area contributed by atoms with E-state index in [1.807, 2.05) is 0 Å². The molecule has 1 N–H and O–H groups in total. The molecule has 0 atom stereocenters. The van der Waals surface area contributed by atoms with E-state index in [1.54, 1.807) is 0 Å². The molecule has 3 heteroatoms. The van der Waals surface area contributed by atoms with Crippen molar-refractivity contribution in [2.24, 2.45) is 0 Å². The highest BCUT2D eigenvalue weighted by Crippen LogP contribution is 2.17. The Balaban J connectivity index is 1.39. The van der Waals surface area contributed by atoms with Crippen LogP contribution in [0.4, 0.5) is 5.69 Å². The number of benzene rings is 2. The zero-order valence-electron chi connectivity index (χ0n) is 19.2. The first-order valence-corrected chi connectivity index (χ1v) is 11.7. The van der Waals surface area contributed by atoms with Gasteiger partial charge in [-0.15, -0.1) is 0 Å². The Morgan fingerprint density at radius 1 is 0.594 bits per heavy atom. The first-order chi connectivity index (χ1) is 15.7. The summed E-state index contributed by atoms with van der Waals surface area (Å²) in [6.07, 6.45) is 13.6. The average Bonchev–Trinajstić information content (AvgIpc) is 2.85. The number of unbranched alkanes of at least 4 members (excludes halogenated alkanes) is 3. The number of nitrogens with one attached hydrogen (secondary N) is 1. The second-order valence-electron chi connectivity index (χ2n) is 8.36. The third-order valence-electron chi connectivity index (χ3n) is 5.85. The summed E-state index contributed by atoms with van der Waals surface area (Å²) in [5.41, 5.74) is 7.22. The van der Waals surface area contributed by atoms with Gasteiger partial charge in [0.05, 0.1) is 0 Å². The summed E-state index contributed by atoms with van der Waals surface area (Å²) in [6.45, 7) is 5.40. The van der Waals surface area contributed by atoms with Crippen LogP contribution in [-0.2, 0) is 0 Å². The molecule has 0 saturated carbocycles. The number of aryl methyl sites for hydroxylation is 1. The quantitative estimate of drug-likeness (QED) is 0.251. The lowest BCUT2D eigenvalue weighted by molar-refractivity contribution is -0.596. The molecule has 2 aromatic heterocycles. The van der Waals surface area contributed by atoms with Gasteiger partial charge >= 0.3 is 0 Å². The zero-order valence-corrected chi connectivity index (χ0v) is 19.2. The Labute approximate surface area is 192 Å². The Bertz CT molecular complexity index is 1100. The first kappa shape index (κ1) is 21.8. The molecular formula is C29H33N3+2. The van der Waals surface area contributed by atoms with Crippen LogP contribution in [0.15, 0.2) is 97.6 Å². The van der Waals surface area contributed by atoms with Crippen LogP contribution in [0.2, 0.25) is 0 Å². The van der Waals surface area contributed by atoms with E-state index in [-0.39, 0.29) is 0 Å². The maximum atomic E-state index is 3.52. The Hall–Kier alpha value is -3.46. The molecule has 0 aliphatic rings. The molecule has 3 nitrogen and oxygen atoms in total. The summed E-state index contributed by atoms with van der Waals surface area (Å²) in [6, 6.07) is 25.9. The second kappa shape index (κ2) is 10.7. The van der Waals surface area contributed by atoms with Crippen LogP contribution in [-0.4, -0.2) is 6.54 Å². The van der Waals surface area contributed by atoms with E-state index in [0.29, 0.717) is 0 Å². The van der Waals surface area contributed by atoms with Crippen LogP contribution in [0.3, 0.4) is 0 Å². The van der Waals surface area contributed by atoms with Crippen molar-refractivity contribution in [2.45, 2.75) is 39.5 Å². The monoisotopic (exact) mass is 423 g/mol. The highest BCUT2D eigenvalue weighted by Gasteiger charge is 2.09. The molecule has 2 heterocycles. The van der Waals surface area contributed by atoms with Gasteiger partial charge in [-0.05, 0) is 36.6 Å². The summed E-state index contributed by atoms with van der Waals surface area (Å²) in [7, 11) is 0. The smallest absolute Gasteiger partial charge is 0.210 e. The van der Waals surface area contributed by atoms with Crippen molar-refractivity contribution in [2.75, 3.05) is 11.9 Å². The molecule has 162 valence electrons. The van der Waals surface area contributed by atoms with E-state index >= 15 is 0 Å². The summed E-state index contributed by atoms with van der Waals surface area (Å²) in [5.74, 6) is 0. The minimum Gasteiger partial charge on any atom is -0.385 e. The lowest BCUT2D eigenvalue weighted by Crippen LogP contribution is -2.29. The maximum absolute atomic E-state index is 3.52. The van der Waals surface area contributed by atoms with Crippen molar-refractivity contribution in [1.82, 2.24) is 0 Å². The number of pyridine rings is 2. The van der Waals surface area contributed by atoms with Crippen molar-refractivity contribution < 1.29 is 9.13 Å². The molecule has 0 amide bonds. The highest BCUT2D eigenvalue weighted by molar-refractivity contribution is 5.61. The average molecular weight is 424 g/mol. The standard InChI is InChI=1S/C29H32N3/c1-3-4-5-6-19-30-27-9-13-29(14-10-27)32-22-17-26(18-23-32)25-15-20-31(21-16-25)28-11-7-24(2)8-12-28/h7-18,20-23H,3-6,19H2,1-2H3/q+1/p+1. The lowest BCUT2D eigenvalue weighted by atomic mass is 10.1. The molecule has 4 rings (SSSR count). The predicted molar refractivity (Wildman–Crippen MR) is 132 cm³/mol. The van der Waals surface area contributed by atoms with Gasteiger partial charge in [0.1, 0.15) is 0 Å². The molecule has 0 aliphatic carbocycles. The van der Waals surface area contributed by atoms with Gasteiger partial charge in [0.2, 0.25) is 11.4 Å². The van der Waals surface area contributed by atoms with E-state index in [0.717, 1.165) is 6.54 Å². The number of hydrogen-bond donors (Lipinski definition) is 1. The Kier molecular flexibility index (Phi) is 7.29. The number of hydrogen-bond acceptors (Lipinski definition) is 1. The van der Waals surface area contributed by atoms with Gasteiger partial charge in [0.15, 0.2) is 24.8 Å². The van der Waals surface area contributed by atoms with Crippen molar-refractivity contribution in [3.05, 3.63) is 103 Å². The van der Waals surface area contributed by atoms with Gasteiger partial charge < -0.3 is 5.32 Å². The van der Waals surface area contributed by atoms with Crippen LogP contribution >= 0.6 is 0 Å². The molecule has 0 unspecified atom stereocenters. The fourth-order valence-electron chi connectivity index (χ4n) is 3.83. The highest BCUT2D eigenvalue weighted by atomic mass is 14.9. The SMILES string of the molecule is CCCCCCNc1ccc(-[n+]2ccc(-c3cc[n+](-c4ccc(C)cc4)cc3)cc2)cc1. The Morgan fingerprint density at radius 2 is 1.09 bits per heavy atom. The molecular weight excluding hydrogens is 390 g/mol. The van der Waals surface area contributed by atoms with E-state index in [4.69, 9.17) is 0 Å². The van der Waals surface area contributed by atoms with Crippen LogP contribution < -0.4 is 14.5 Å². The molecule has 0 spiro atoms. The van der Waals surface area contributed by atoms with Crippen molar-refractivity contribution in [3.63, 3.8) is 0 Å². The van der Waals surface area contributed by atoms with Crippen LogP contribution in [0.25, 0.3) is 22.5 Å².